The van der Waals surface area contributed by atoms with Crippen LogP contribution in [0.4, 0.5) is 11.4 Å². The first-order chi connectivity index (χ1) is 15.5. The largest absolute Gasteiger partial charge is 0.343 e. The van der Waals surface area contributed by atoms with Crippen LogP contribution in [0.5, 0.6) is 0 Å². The number of nitro benzene ring substituents is 2. The molecule has 2 aromatic heterocycles. The van der Waals surface area contributed by atoms with Gasteiger partial charge in [-0.15, -0.1) is 0 Å². The van der Waals surface area contributed by atoms with Gasteiger partial charge in [-0.1, -0.05) is 24.3 Å². The Hall–Kier alpha value is -4.46. The number of fused-ring (bicyclic) bond motifs is 2. The second kappa shape index (κ2) is 7.66. The molecule has 5 rings (SSSR count). The SMILES string of the molecule is O=[N+]([O-])c1ccc2c(ccn2Cc2ccc(Cn3ccc4cc([N+](=O)[O-])ccc43)cc2)c1. The van der Waals surface area contributed by atoms with Gasteiger partial charge in [-0.25, -0.2) is 0 Å². The molecule has 32 heavy (non-hydrogen) atoms. The van der Waals surface area contributed by atoms with Gasteiger partial charge in [-0.3, -0.25) is 20.2 Å². The quantitative estimate of drug-likeness (QED) is 0.264. The summed E-state index contributed by atoms with van der Waals surface area (Å²) in [5.74, 6) is 0. The molecule has 158 valence electrons. The molecule has 0 bridgehead atoms. The standard InChI is InChI=1S/C24H18N4O4/c29-27(30)21-5-7-23-19(13-21)9-11-25(23)15-17-1-2-18(4-3-17)16-26-12-10-20-14-22(28(31)32)6-8-24(20)26/h1-14H,15-16H2. The minimum absolute atomic E-state index is 0.0896. The van der Waals surface area contributed by atoms with Crippen LogP contribution >= 0.6 is 0 Å². The summed E-state index contributed by atoms with van der Waals surface area (Å²) < 4.78 is 4.14. The molecule has 0 saturated carbocycles. The maximum Gasteiger partial charge on any atom is 0.270 e. The zero-order valence-electron chi connectivity index (χ0n) is 16.9. The minimum Gasteiger partial charge on any atom is -0.343 e. The van der Waals surface area contributed by atoms with Crippen LogP contribution in [-0.4, -0.2) is 19.0 Å². The van der Waals surface area contributed by atoms with E-state index in [1.165, 1.54) is 12.1 Å². The van der Waals surface area contributed by atoms with Crippen molar-refractivity contribution in [1.82, 2.24) is 9.13 Å². The Bertz CT molecular complexity index is 1370. The van der Waals surface area contributed by atoms with Crippen molar-refractivity contribution >= 4 is 33.2 Å². The topological polar surface area (TPSA) is 96.1 Å². The highest BCUT2D eigenvalue weighted by atomic mass is 16.6. The third kappa shape index (κ3) is 3.58. The van der Waals surface area contributed by atoms with Crippen LogP contribution in [0, 0.1) is 20.2 Å². The molecule has 0 radical (unpaired) electrons. The third-order valence-corrected chi connectivity index (χ3v) is 5.66. The maximum atomic E-state index is 11.0. The highest BCUT2D eigenvalue weighted by Crippen LogP contribution is 2.24. The van der Waals surface area contributed by atoms with Gasteiger partial charge in [-0.2, -0.15) is 0 Å². The Morgan fingerprint density at radius 2 is 1.00 bits per heavy atom. The molecule has 2 heterocycles. The van der Waals surface area contributed by atoms with Crippen LogP contribution < -0.4 is 0 Å². The Balaban J connectivity index is 1.34. The van der Waals surface area contributed by atoms with Crippen molar-refractivity contribution < 1.29 is 9.85 Å². The highest BCUT2D eigenvalue weighted by Gasteiger charge is 2.10. The van der Waals surface area contributed by atoms with Crippen LogP contribution in [-0.2, 0) is 13.1 Å². The van der Waals surface area contributed by atoms with Crippen molar-refractivity contribution in [2.75, 3.05) is 0 Å². The minimum atomic E-state index is -0.384. The zero-order valence-corrected chi connectivity index (χ0v) is 16.9. The molecule has 0 aliphatic heterocycles. The van der Waals surface area contributed by atoms with Gasteiger partial charge in [0.05, 0.1) is 9.85 Å². The van der Waals surface area contributed by atoms with E-state index in [1.807, 2.05) is 24.5 Å². The molecule has 8 heteroatoms. The molecule has 0 unspecified atom stereocenters. The van der Waals surface area contributed by atoms with E-state index in [0.29, 0.717) is 13.1 Å². The summed E-state index contributed by atoms with van der Waals surface area (Å²) >= 11 is 0. The Morgan fingerprint density at radius 1 is 0.594 bits per heavy atom. The van der Waals surface area contributed by atoms with E-state index in [4.69, 9.17) is 0 Å². The fourth-order valence-electron chi connectivity index (χ4n) is 4.02. The van der Waals surface area contributed by atoms with Crippen LogP contribution in [0.25, 0.3) is 21.8 Å². The molecule has 0 spiro atoms. The van der Waals surface area contributed by atoms with E-state index in [2.05, 4.69) is 33.4 Å². The monoisotopic (exact) mass is 426 g/mol. The van der Waals surface area contributed by atoms with Gasteiger partial charge >= 0.3 is 0 Å². The lowest BCUT2D eigenvalue weighted by atomic mass is 10.1. The average Bonchev–Trinajstić information content (AvgIpc) is 3.38. The van der Waals surface area contributed by atoms with Crippen molar-refractivity contribution in [2.24, 2.45) is 0 Å². The summed E-state index contributed by atoms with van der Waals surface area (Å²) in [6.45, 7) is 1.33. The van der Waals surface area contributed by atoms with Gasteiger partial charge in [0.15, 0.2) is 0 Å². The number of non-ortho nitro benzene ring substituents is 2. The second-order valence-electron chi connectivity index (χ2n) is 7.70. The second-order valence-corrected chi connectivity index (χ2v) is 7.70. The van der Waals surface area contributed by atoms with Gasteiger partial charge in [-0.05, 0) is 35.4 Å². The van der Waals surface area contributed by atoms with E-state index in [0.717, 1.165) is 32.9 Å². The normalized spacial score (nSPS) is 11.2. The molecule has 0 amide bonds. The number of rotatable bonds is 6. The van der Waals surface area contributed by atoms with Gasteiger partial charge in [0.25, 0.3) is 11.4 Å². The maximum absolute atomic E-state index is 11.0. The molecular formula is C24H18N4O4. The fourth-order valence-corrected chi connectivity index (χ4v) is 4.02. The number of hydrogen-bond donors (Lipinski definition) is 0. The van der Waals surface area contributed by atoms with E-state index in [-0.39, 0.29) is 21.2 Å². The Kier molecular flexibility index (Phi) is 4.67. The van der Waals surface area contributed by atoms with Gasteiger partial charge in [0.2, 0.25) is 0 Å². The lowest BCUT2D eigenvalue weighted by Crippen LogP contribution is -2.00. The number of benzene rings is 3. The van der Waals surface area contributed by atoms with E-state index in [9.17, 15) is 20.2 Å². The fraction of sp³-hybridized carbons (Fsp3) is 0.0833. The van der Waals surface area contributed by atoms with Gasteiger partial charge < -0.3 is 9.13 Å². The van der Waals surface area contributed by atoms with Crippen molar-refractivity contribution in [3.63, 3.8) is 0 Å². The van der Waals surface area contributed by atoms with E-state index >= 15 is 0 Å². The van der Waals surface area contributed by atoms with Crippen LogP contribution in [0.3, 0.4) is 0 Å². The molecular weight excluding hydrogens is 408 g/mol. The molecule has 5 aromatic rings. The Morgan fingerprint density at radius 3 is 1.38 bits per heavy atom. The Labute approximate surface area is 182 Å². The van der Waals surface area contributed by atoms with Crippen molar-refractivity contribution in [3.8, 4) is 0 Å². The number of nitrogens with zero attached hydrogens (tertiary/aromatic N) is 4. The zero-order chi connectivity index (χ0) is 22.2. The first kappa shape index (κ1) is 19.5. The summed E-state index contributed by atoms with van der Waals surface area (Å²) in [7, 11) is 0. The van der Waals surface area contributed by atoms with Crippen LogP contribution in [0.1, 0.15) is 11.1 Å². The average molecular weight is 426 g/mol. The number of hydrogen-bond acceptors (Lipinski definition) is 4. The first-order valence-corrected chi connectivity index (χ1v) is 10.0. The summed E-state index contributed by atoms with van der Waals surface area (Å²) in [5.41, 5.74) is 4.33. The van der Waals surface area contributed by atoms with Crippen molar-refractivity contribution in [3.05, 3.63) is 117 Å². The predicted octanol–water partition coefficient (Wildman–Crippen LogP) is 5.51. The third-order valence-electron chi connectivity index (χ3n) is 5.66. The molecule has 0 atom stereocenters. The van der Waals surface area contributed by atoms with E-state index in [1.54, 1.807) is 24.3 Å². The summed E-state index contributed by atoms with van der Waals surface area (Å²) in [6.07, 6.45) is 3.88. The summed E-state index contributed by atoms with van der Waals surface area (Å²) in [5, 5.41) is 23.6. The van der Waals surface area contributed by atoms with Gasteiger partial charge in [0, 0.05) is 71.6 Å². The van der Waals surface area contributed by atoms with Gasteiger partial charge in [0.1, 0.15) is 0 Å². The highest BCUT2D eigenvalue weighted by molar-refractivity contribution is 5.83. The van der Waals surface area contributed by atoms with Crippen molar-refractivity contribution in [2.45, 2.75) is 13.1 Å². The number of nitro groups is 2. The van der Waals surface area contributed by atoms with E-state index < -0.39 is 0 Å². The molecule has 0 fully saturated rings. The summed E-state index contributed by atoms with van der Waals surface area (Å²) in [6, 6.07) is 21.9. The smallest absolute Gasteiger partial charge is 0.270 e. The molecule has 8 nitrogen and oxygen atoms in total. The first-order valence-electron chi connectivity index (χ1n) is 10.0. The summed E-state index contributed by atoms with van der Waals surface area (Å²) in [4.78, 5) is 21.2. The van der Waals surface area contributed by atoms with Crippen LogP contribution in [0.2, 0.25) is 0 Å². The lowest BCUT2D eigenvalue weighted by molar-refractivity contribution is -0.384. The molecule has 0 N–H and O–H groups in total. The predicted molar refractivity (Wildman–Crippen MR) is 122 cm³/mol. The van der Waals surface area contributed by atoms with Crippen LogP contribution in [0.15, 0.2) is 85.2 Å². The molecule has 0 aliphatic carbocycles. The van der Waals surface area contributed by atoms with Crippen molar-refractivity contribution in [1.29, 1.82) is 0 Å². The molecule has 0 saturated heterocycles. The lowest BCUT2D eigenvalue weighted by Gasteiger charge is -2.09. The number of aromatic nitrogens is 2. The molecule has 3 aromatic carbocycles. The molecule has 0 aliphatic rings.